The minimum Gasteiger partial charge on any atom is -0.389 e. The van der Waals surface area contributed by atoms with Gasteiger partial charge in [-0.3, -0.25) is 0 Å². The van der Waals surface area contributed by atoms with E-state index >= 15 is 0 Å². The van der Waals surface area contributed by atoms with Crippen LogP contribution in [0.3, 0.4) is 0 Å². The topological polar surface area (TPSA) is 84.2 Å². The van der Waals surface area contributed by atoms with Gasteiger partial charge < -0.3 is 9.67 Å². The van der Waals surface area contributed by atoms with E-state index in [9.17, 15) is 13.5 Å². The maximum absolute atomic E-state index is 11.8. The fourth-order valence-corrected chi connectivity index (χ4v) is 2.62. The van der Waals surface area contributed by atoms with Gasteiger partial charge in [0.1, 0.15) is 0 Å². The average Bonchev–Trinajstić information content (AvgIpc) is 2.63. The molecule has 1 rings (SSSR count). The van der Waals surface area contributed by atoms with Gasteiger partial charge >= 0.3 is 0 Å². The zero-order valence-corrected chi connectivity index (χ0v) is 11.2. The summed E-state index contributed by atoms with van der Waals surface area (Å²) in [7, 11) is -1.94. The van der Waals surface area contributed by atoms with Crippen LogP contribution in [-0.4, -0.2) is 35.2 Å². The second-order valence-corrected chi connectivity index (χ2v) is 6.16. The van der Waals surface area contributed by atoms with Crippen molar-refractivity contribution in [3.63, 3.8) is 0 Å². The van der Waals surface area contributed by atoms with Gasteiger partial charge in [0.15, 0.2) is 5.03 Å². The molecule has 1 aromatic rings. The third kappa shape index (κ3) is 4.10. The fraction of sp³-hybridized carbons (Fsp3) is 0.700. The standard InChI is InChI=1S/C10H19N3O3S/c1-4-5-10(2,14)7-12-17(15,16)9-6-13(3)8-11-9/h6,8,12,14H,4-5,7H2,1-3H3. The first-order valence-electron chi connectivity index (χ1n) is 5.47. The summed E-state index contributed by atoms with van der Waals surface area (Å²) in [6.45, 7) is 3.53. The van der Waals surface area contributed by atoms with Gasteiger partial charge in [-0.05, 0) is 13.3 Å². The quantitative estimate of drug-likeness (QED) is 0.769. The van der Waals surface area contributed by atoms with Crippen LogP contribution in [0.5, 0.6) is 0 Å². The summed E-state index contributed by atoms with van der Waals surface area (Å²) < 4.78 is 27.5. The maximum Gasteiger partial charge on any atom is 0.259 e. The third-order valence-corrected chi connectivity index (χ3v) is 3.67. The number of nitrogens with zero attached hydrogens (tertiary/aromatic N) is 2. The first kappa shape index (κ1) is 14.1. The molecular weight excluding hydrogens is 242 g/mol. The van der Waals surface area contributed by atoms with Gasteiger partial charge in [0, 0.05) is 19.8 Å². The number of aromatic nitrogens is 2. The lowest BCUT2D eigenvalue weighted by molar-refractivity contribution is 0.0554. The van der Waals surface area contributed by atoms with E-state index in [0.29, 0.717) is 6.42 Å². The molecule has 0 radical (unpaired) electrons. The third-order valence-electron chi connectivity index (χ3n) is 2.39. The summed E-state index contributed by atoms with van der Waals surface area (Å²) in [6, 6.07) is 0. The van der Waals surface area contributed by atoms with E-state index in [1.807, 2.05) is 6.92 Å². The van der Waals surface area contributed by atoms with Gasteiger partial charge in [0.2, 0.25) is 0 Å². The van der Waals surface area contributed by atoms with Crippen molar-refractivity contribution in [2.75, 3.05) is 6.54 Å². The molecule has 2 N–H and O–H groups in total. The highest BCUT2D eigenvalue weighted by atomic mass is 32.2. The molecule has 17 heavy (non-hydrogen) atoms. The molecule has 0 aliphatic rings. The van der Waals surface area contributed by atoms with Crippen molar-refractivity contribution in [2.24, 2.45) is 7.05 Å². The van der Waals surface area contributed by atoms with E-state index in [2.05, 4.69) is 9.71 Å². The summed E-state index contributed by atoms with van der Waals surface area (Å²) in [5, 5.41) is 9.84. The monoisotopic (exact) mass is 261 g/mol. The van der Waals surface area contributed by atoms with Crippen molar-refractivity contribution in [1.29, 1.82) is 0 Å². The van der Waals surface area contributed by atoms with Gasteiger partial charge in [-0.1, -0.05) is 13.3 Å². The lowest BCUT2D eigenvalue weighted by Crippen LogP contribution is -2.40. The lowest BCUT2D eigenvalue weighted by Gasteiger charge is -2.22. The Morgan fingerprint density at radius 3 is 2.71 bits per heavy atom. The molecule has 0 aliphatic carbocycles. The van der Waals surface area contributed by atoms with Crippen LogP contribution < -0.4 is 4.72 Å². The molecule has 6 nitrogen and oxygen atoms in total. The first-order valence-corrected chi connectivity index (χ1v) is 6.95. The number of aliphatic hydroxyl groups is 1. The molecule has 0 fully saturated rings. The first-order chi connectivity index (χ1) is 7.77. The molecule has 1 unspecified atom stereocenters. The Kier molecular flexibility index (Phi) is 4.29. The predicted octanol–water partition coefficient (Wildman–Crippen LogP) is 0.249. The highest BCUT2D eigenvalue weighted by molar-refractivity contribution is 7.89. The number of rotatable bonds is 6. The smallest absolute Gasteiger partial charge is 0.259 e. The highest BCUT2D eigenvalue weighted by Gasteiger charge is 2.24. The van der Waals surface area contributed by atoms with Crippen molar-refractivity contribution >= 4 is 10.0 Å². The number of nitrogens with one attached hydrogen (secondary N) is 1. The zero-order valence-electron chi connectivity index (χ0n) is 10.3. The minimum absolute atomic E-state index is 0.0141. The molecule has 0 saturated carbocycles. The van der Waals surface area contributed by atoms with E-state index in [1.54, 1.807) is 18.5 Å². The Bertz CT molecular complexity index is 465. The Balaban J connectivity index is 2.69. The molecule has 0 amide bonds. The highest BCUT2D eigenvalue weighted by Crippen LogP contribution is 2.12. The van der Waals surface area contributed by atoms with Crippen LogP contribution in [0.15, 0.2) is 17.6 Å². The summed E-state index contributed by atoms with van der Waals surface area (Å²) in [6.07, 6.45) is 4.16. The van der Waals surface area contributed by atoms with E-state index < -0.39 is 15.6 Å². The Morgan fingerprint density at radius 2 is 2.24 bits per heavy atom. The second-order valence-electron chi connectivity index (χ2n) is 4.45. The summed E-state index contributed by atoms with van der Waals surface area (Å²) in [4.78, 5) is 3.76. The van der Waals surface area contributed by atoms with E-state index in [1.165, 1.54) is 12.5 Å². The number of aryl methyl sites for hydroxylation is 1. The van der Waals surface area contributed by atoms with Crippen LogP contribution in [0.2, 0.25) is 0 Å². The summed E-state index contributed by atoms with van der Waals surface area (Å²) in [5.74, 6) is 0. The Labute approximate surface area is 102 Å². The molecule has 7 heteroatoms. The van der Waals surface area contributed by atoms with E-state index in [4.69, 9.17) is 0 Å². The number of imidazole rings is 1. The largest absolute Gasteiger partial charge is 0.389 e. The molecule has 0 saturated heterocycles. The zero-order chi connectivity index (χ0) is 13.1. The van der Waals surface area contributed by atoms with Gasteiger partial charge in [-0.15, -0.1) is 0 Å². The van der Waals surface area contributed by atoms with Crippen LogP contribution in [0, 0.1) is 0 Å². The molecule has 0 spiro atoms. The molecule has 1 aromatic heterocycles. The van der Waals surface area contributed by atoms with E-state index in [-0.39, 0.29) is 11.6 Å². The summed E-state index contributed by atoms with van der Waals surface area (Å²) in [5.41, 5.74) is -1.03. The average molecular weight is 261 g/mol. The van der Waals surface area contributed by atoms with Gasteiger partial charge in [-0.2, -0.15) is 0 Å². The maximum atomic E-state index is 11.8. The Hall–Kier alpha value is -0.920. The van der Waals surface area contributed by atoms with Crippen LogP contribution in [0.25, 0.3) is 0 Å². The van der Waals surface area contributed by atoms with Crippen LogP contribution >= 0.6 is 0 Å². The van der Waals surface area contributed by atoms with Crippen molar-refractivity contribution in [3.05, 3.63) is 12.5 Å². The number of hydrogen-bond acceptors (Lipinski definition) is 4. The molecular formula is C10H19N3O3S. The molecule has 0 bridgehead atoms. The number of sulfonamides is 1. The van der Waals surface area contributed by atoms with Gasteiger partial charge in [0.25, 0.3) is 10.0 Å². The molecule has 98 valence electrons. The molecule has 1 heterocycles. The molecule has 0 aliphatic heterocycles. The normalized spacial score (nSPS) is 15.8. The van der Waals surface area contributed by atoms with Crippen LogP contribution in [0.4, 0.5) is 0 Å². The van der Waals surface area contributed by atoms with Crippen molar-refractivity contribution < 1.29 is 13.5 Å². The van der Waals surface area contributed by atoms with Gasteiger partial charge in [-0.25, -0.2) is 18.1 Å². The lowest BCUT2D eigenvalue weighted by atomic mass is 10.0. The van der Waals surface area contributed by atoms with Crippen LogP contribution in [-0.2, 0) is 17.1 Å². The summed E-state index contributed by atoms with van der Waals surface area (Å²) >= 11 is 0. The van der Waals surface area contributed by atoms with Crippen molar-refractivity contribution in [2.45, 2.75) is 37.3 Å². The van der Waals surface area contributed by atoms with Crippen LogP contribution in [0.1, 0.15) is 26.7 Å². The van der Waals surface area contributed by atoms with Crippen molar-refractivity contribution in [3.8, 4) is 0 Å². The number of hydrogen-bond donors (Lipinski definition) is 2. The van der Waals surface area contributed by atoms with E-state index in [0.717, 1.165) is 6.42 Å². The molecule has 1 atom stereocenters. The van der Waals surface area contributed by atoms with Gasteiger partial charge in [0.05, 0.1) is 11.9 Å². The van der Waals surface area contributed by atoms with Crippen molar-refractivity contribution in [1.82, 2.24) is 14.3 Å². The SMILES string of the molecule is CCCC(C)(O)CNS(=O)(=O)c1cn(C)cn1. The fourth-order valence-electron chi connectivity index (χ4n) is 1.48. The minimum atomic E-state index is -3.63. The second kappa shape index (κ2) is 5.16. The predicted molar refractivity (Wildman–Crippen MR) is 63.9 cm³/mol. The molecule has 0 aromatic carbocycles. The Morgan fingerprint density at radius 1 is 1.59 bits per heavy atom.